The predicted octanol–water partition coefficient (Wildman–Crippen LogP) is 0.202. The SMILES string of the molecule is C/C=C(\C)[Si]N[Si]. The molecule has 0 aliphatic carbocycles. The van der Waals surface area contributed by atoms with Gasteiger partial charge in [0.1, 0.15) is 10.4 Å². The third-order valence-electron chi connectivity index (χ3n) is 0.693. The van der Waals surface area contributed by atoms with Crippen molar-refractivity contribution < 1.29 is 0 Å². The van der Waals surface area contributed by atoms with Crippen LogP contribution in [0.1, 0.15) is 13.8 Å². The van der Waals surface area contributed by atoms with Crippen LogP contribution in [0.25, 0.3) is 0 Å². The van der Waals surface area contributed by atoms with Crippen LogP contribution in [-0.2, 0) is 0 Å². The molecule has 37 valence electrons. The van der Waals surface area contributed by atoms with E-state index in [2.05, 4.69) is 28.1 Å². The van der Waals surface area contributed by atoms with Crippen LogP contribution in [0.2, 0.25) is 0 Å². The maximum Gasteiger partial charge on any atom is 0.166 e. The monoisotopic (exact) mass is 126 g/mol. The zero-order chi connectivity index (χ0) is 5.70. The third-order valence-corrected chi connectivity index (χ3v) is 1.88. The Labute approximate surface area is 50.6 Å². The Morgan fingerprint density at radius 3 is 2.57 bits per heavy atom. The van der Waals surface area contributed by atoms with Crippen LogP contribution in [0.3, 0.4) is 0 Å². The molecule has 0 fully saturated rings. The molecule has 0 saturated heterocycles. The van der Waals surface area contributed by atoms with Gasteiger partial charge in [-0.2, -0.15) is 0 Å². The van der Waals surface area contributed by atoms with Crippen LogP contribution in [-0.4, -0.2) is 20.1 Å². The minimum absolute atomic E-state index is 0.713. The number of allylic oxidation sites excluding steroid dienone is 2. The van der Waals surface area contributed by atoms with Gasteiger partial charge in [-0.3, -0.25) is 0 Å². The van der Waals surface area contributed by atoms with E-state index in [4.69, 9.17) is 0 Å². The van der Waals surface area contributed by atoms with Crippen LogP contribution < -0.4 is 4.65 Å². The highest BCUT2D eigenvalue weighted by molar-refractivity contribution is 6.49. The van der Waals surface area contributed by atoms with E-state index in [1.54, 1.807) is 0 Å². The highest BCUT2D eigenvalue weighted by atomic mass is 28.3. The Balaban J connectivity index is 3.17. The fourth-order valence-corrected chi connectivity index (χ4v) is 1.10. The lowest BCUT2D eigenvalue weighted by atomic mass is 10.6. The molecule has 0 aliphatic rings. The van der Waals surface area contributed by atoms with Gasteiger partial charge in [-0.15, -0.1) is 0 Å². The van der Waals surface area contributed by atoms with Crippen molar-refractivity contribution in [3.05, 3.63) is 11.3 Å². The van der Waals surface area contributed by atoms with Gasteiger partial charge in [0.05, 0.1) is 0 Å². The lowest BCUT2D eigenvalue weighted by Gasteiger charge is -1.90. The van der Waals surface area contributed by atoms with Gasteiger partial charge in [0.2, 0.25) is 0 Å². The second-order valence-corrected chi connectivity index (χ2v) is 3.26. The van der Waals surface area contributed by atoms with Crippen molar-refractivity contribution in [3.8, 4) is 0 Å². The largest absolute Gasteiger partial charge is 0.361 e. The molecule has 0 aromatic carbocycles. The minimum atomic E-state index is 0.713. The first-order valence-corrected chi connectivity index (χ1v) is 3.62. The molecule has 0 aliphatic heterocycles. The highest BCUT2D eigenvalue weighted by Crippen LogP contribution is 1.81. The van der Waals surface area contributed by atoms with E-state index in [1.807, 2.05) is 6.92 Å². The third kappa shape index (κ3) is 3.98. The van der Waals surface area contributed by atoms with Gasteiger partial charge >= 0.3 is 0 Å². The number of hydrogen-bond donors (Lipinski definition) is 1. The van der Waals surface area contributed by atoms with E-state index >= 15 is 0 Å². The Morgan fingerprint density at radius 2 is 2.43 bits per heavy atom. The topological polar surface area (TPSA) is 12.0 Å². The molecule has 0 heterocycles. The smallest absolute Gasteiger partial charge is 0.166 e. The summed E-state index contributed by atoms with van der Waals surface area (Å²) in [6.45, 7) is 4.12. The second-order valence-electron chi connectivity index (χ2n) is 1.22. The summed E-state index contributed by atoms with van der Waals surface area (Å²) < 4.78 is 2.88. The molecule has 1 nitrogen and oxygen atoms in total. The first-order valence-electron chi connectivity index (χ1n) is 2.12. The molecular formula is C4H8NSi2. The first-order chi connectivity index (χ1) is 3.31. The first kappa shape index (κ1) is 7.13. The average Bonchev–Trinajstić information content (AvgIpc) is 1.68. The number of nitrogens with one attached hydrogen (secondary N) is 1. The van der Waals surface area contributed by atoms with Gasteiger partial charge in [0.15, 0.2) is 9.68 Å². The maximum atomic E-state index is 3.15. The molecule has 0 spiro atoms. The van der Waals surface area contributed by atoms with E-state index in [-0.39, 0.29) is 0 Å². The lowest BCUT2D eigenvalue weighted by molar-refractivity contribution is 1.50. The van der Waals surface area contributed by atoms with Gasteiger partial charge < -0.3 is 4.65 Å². The minimum Gasteiger partial charge on any atom is -0.361 e. The Hall–Kier alpha value is 0.134. The van der Waals surface area contributed by atoms with Gasteiger partial charge in [0.25, 0.3) is 0 Å². The van der Waals surface area contributed by atoms with Crippen LogP contribution in [0.15, 0.2) is 11.3 Å². The fourth-order valence-electron chi connectivity index (χ4n) is 0.171. The maximum absolute atomic E-state index is 3.15. The molecule has 0 aromatic heterocycles. The van der Waals surface area contributed by atoms with E-state index in [0.717, 1.165) is 0 Å². The normalized spacial score (nSPS) is 12.1. The predicted molar refractivity (Wildman–Crippen MR) is 34.1 cm³/mol. The Morgan fingerprint density at radius 1 is 1.86 bits per heavy atom. The fraction of sp³-hybridized carbons (Fsp3) is 0.500. The molecular weight excluding hydrogens is 118 g/mol. The summed E-state index contributed by atoms with van der Waals surface area (Å²) in [6, 6.07) is 0. The summed E-state index contributed by atoms with van der Waals surface area (Å²) in [4.78, 5) is 0. The van der Waals surface area contributed by atoms with Crippen LogP contribution in [0.5, 0.6) is 0 Å². The molecule has 0 aromatic rings. The summed E-state index contributed by atoms with van der Waals surface area (Å²) in [5.41, 5.74) is 0. The van der Waals surface area contributed by atoms with Gasteiger partial charge in [-0.25, -0.2) is 0 Å². The van der Waals surface area contributed by atoms with Gasteiger partial charge in [-0.05, 0) is 13.8 Å². The summed E-state index contributed by atoms with van der Waals surface area (Å²) in [6.07, 6.45) is 2.09. The molecule has 0 atom stereocenters. The average molecular weight is 126 g/mol. The number of rotatable bonds is 2. The van der Waals surface area contributed by atoms with E-state index in [9.17, 15) is 0 Å². The molecule has 0 saturated carbocycles. The Kier molecular flexibility index (Phi) is 4.38. The van der Waals surface area contributed by atoms with Crippen LogP contribution in [0, 0.1) is 0 Å². The van der Waals surface area contributed by atoms with Crippen LogP contribution >= 0.6 is 0 Å². The van der Waals surface area contributed by atoms with Crippen LogP contribution in [0.4, 0.5) is 0 Å². The molecule has 1 N–H and O–H groups in total. The zero-order valence-electron chi connectivity index (χ0n) is 4.58. The summed E-state index contributed by atoms with van der Waals surface area (Å²) in [5.74, 6) is 0. The summed E-state index contributed by atoms with van der Waals surface area (Å²) in [7, 11) is 3.87. The molecule has 0 rings (SSSR count). The van der Waals surface area contributed by atoms with Crippen molar-refractivity contribution in [2.45, 2.75) is 13.8 Å². The van der Waals surface area contributed by atoms with E-state index in [0.29, 0.717) is 9.68 Å². The van der Waals surface area contributed by atoms with Crippen molar-refractivity contribution in [1.82, 2.24) is 4.65 Å². The molecule has 0 bridgehead atoms. The van der Waals surface area contributed by atoms with E-state index < -0.39 is 0 Å². The second kappa shape index (κ2) is 4.30. The van der Waals surface area contributed by atoms with Gasteiger partial charge in [0, 0.05) is 0 Å². The molecule has 3 heteroatoms. The highest BCUT2D eigenvalue weighted by Gasteiger charge is 1.82. The van der Waals surface area contributed by atoms with Gasteiger partial charge in [-0.1, -0.05) is 11.3 Å². The molecule has 0 amide bonds. The van der Waals surface area contributed by atoms with Crippen molar-refractivity contribution in [1.29, 1.82) is 0 Å². The summed E-state index contributed by atoms with van der Waals surface area (Å²) in [5, 5.41) is 1.37. The van der Waals surface area contributed by atoms with Crippen molar-refractivity contribution >= 4 is 20.1 Å². The van der Waals surface area contributed by atoms with Crippen molar-refractivity contribution in [2.75, 3.05) is 0 Å². The van der Waals surface area contributed by atoms with Crippen molar-refractivity contribution in [2.24, 2.45) is 0 Å². The quantitative estimate of drug-likeness (QED) is 0.521. The zero-order valence-corrected chi connectivity index (χ0v) is 6.58. The Bertz CT molecular complexity index is 70.1. The standard InChI is InChI=1S/C4H8NSi2/c1-3-4(2)7-5-6/h3,5H,1-2H3/b4-3+. The molecule has 0 unspecified atom stereocenters. The molecule has 7 heavy (non-hydrogen) atoms. The number of hydrogen-bond acceptors (Lipinski definition) is 1. The van der Waals surface area contributed by atoms with E-state index in [1.165, 1.54) is 5.20 Å². The summed E-state index contributed by atoms with van der Waals surface area (Å²) >= 11 is 0. The lowest BCUT2D eigenvalue weighted by Crippen LogP contribution is -2.15. The molecule has 5 radical (unpaired) electrons. The van der Waals surface area contributed by atoms with Crippen molar-refractivity contribution in [3.63, 3.8) is 0 Å².